The van der Waals surface area contributed by atoms with Crippen molar-refractivity contribution >= 4 is 0 Å². The Morgan fingerprint density at radius 2 is 0.864 bits per heavy atom. The van der Waals surface area contributed by atoms with Crippen molar-refractivity contribution in [1.29, 1.82) is 0 Å². The van der Waals surface area contributed by atoms with Gasteiger partial charge in [0, 0.05) is 13.2 Å². The van der Waals surface area contributed by atoms with E-state index in [2.05, 4.69) is 0 Å². The van der Waals surface area contributed by atoms with Gasteiger partial charge in [-0.15, -0.1) is 0 Å². The second kappa shape index (κ2) is 20.8. The molecule has 136 valence electrons. The number of unbranched alkanes of at least 4 members (excludes halogenated alkanes) is 6. The first-order chi connectivity index (χ1) is 10.6. The van der Waals surface area contributed by atoms with E-state index in [9.17, 15) is 0 Å². The smallest absolute Gasteiger partial charge is 0.0537 e. The van der Waals surface area contributed by atoms with E-state index in [1.54, 1.807) is 0 Å². The van der Waals surface area contributed by atoms with Gasteiger partial charge in [-0.3, -0.25) is 0 Å². The highest BCUT2D eigenvalue weighted by Gasteiger charge is 1.99. The van der Waals surface area contributed by atoms with Gasteiger partial charge >= 0.3 is 0 Å². The molecule has 22 heavy (non-hydrogen) atoms. The molecule has 0 aliphatic heterocycles. The molecule has 0 saturated carbocycles. The molecule has 0 aromatic rings. The second-order valence-electron chi connectivity index (χ2n) is 5.98. The van der Waals surface area contributed by atoms with Crippen molar-refractivity contribution in [3.8, 4) is 0 Å². The average molecular weight is 321 g/mol. The predicted octanol–water partition coefficient (Wildman–Crippen LogP) is 3.40. The van der Waals surface area contributed by atoms with Crippen molar-refractivity contribution in [3.63, 3.8) is 0 Å². The summed E-state index contributed by atoms with van der Waals surface area (Å²) in [4.78, 5) is 0. The Labute approximate surface area is 137 Å². The van der Waals surface area contributed by atoms with E-state index in [1.807, 2.05) is 13.8 Å². The lowest BCUT2D eigenvalue weighted by atomic mass is 10.1. The number of hydrogen-bond acceptors (Lipinski definition) is 4. The van der Waals surface area contributed by atoms with Crippen molar-refractivity contribution in [1.82, 2.24) is 0 Å². The first-order valence-electron chi connectivity index (χ1n) is 9.20. The van der Waals surface area contributed by atoms with Gasteiger partial charge in [-0.25, -0.2) is 0 Å². The molecule has 0 bridgehead atoms. The van der Waals surface area contributed by atoms with Crippen LogP contribution in [0.15, 0.2) is 0 Å². The first kappa shape index (κ1) is 24.1. The lowest BCUT2D eigenvalue weighted by Gasteiger charge is -2.05. The monoisotopic (exact) mass is 320 g/mol. The van der Waals surface area contributed by atoms with Crippen LogP contribution in [-0.4, -0.2) is 45.8 Å². The van der Waals surface area contributed by atoms with Gasteiger partial charge in [-0.05, 0) is 38.5 Å². The van der Waals surface area contributed by atoms with Gasteiger partial charge in [0.25, 0.3) is 0 Å². The maximum atomic E-state index is 9.17. The lowest BCUT2D eigenvalue weighted by molar-refractivity contribution is 0.155. The summed E-state index contributed by atoms with van der Waals surface area (Å²) < 4.78 is 0. The first-order valence-corrected chi connectivity index (χ1v) is 9.20. The van der Waals surface area contributed by atoms with Crippen molar-refractivity contribution < 1.29 is 20.4 Å². The Bertz CT molecular complexity index is 168. The van der Waals surface area contributed by atoms with Crippen molar-refractivity contribution in [3.05, 3.63) is 0 Å². The van der Waals surface area contributed by atoms with Crippen molar-refractivity contribution in [2.75, 3.05) is 13.2 Å². The van der Waals surface area contributed by atoms with Crippen LogP contribution in [0, 0.1) is 0 Å². The average Bonchev–Trinajstić information content (AvgIpc) is 2.54. The quantitative estimate of drug-likeness (QED) is 0.370. The minimum Gasteiger partial charge on any atom is -0.396 e. The maximum Gasteiger partial charge on any atom is 0.0537 e. The Morgan fingerprint density at radius 3 is 1.14 bits per heavy atom. The van der Waals surface area contributed by atoms with Crippen LogP contribution in [0.2, 0.25) is 0 Å². The summed E-state index contributed by atoms with van der Waals surface area (Å²) in [6.07, 6.45) is 11.8. The summed E-state index contributed by atoms with van der Waals surface area (Å²) in [5.74, 6) is 0. The molecule has 0 aromatic heterocycles. The van der Waals surface area contributed by atoms with E-state index < -0.39 is 0 Å². The number of aliphatic hydroxyl groups is 4. The minimum atomic E-state index is -0.107. The molecule has 2 unspecified atom stereocenters. The summed E-state index contributed by atoms with van der Waals surface area (Å²) in [6.45, 7) is 4.60. The summed E-state index contributed by atoms with van der Waals surface area (Å²) >= 11 is 0. The van der Waals surface area contributed by atoms with Crippen LogP contribution < -0.4 is 0 Å². The normalized spacial score (nSPS) is 13.4. The van der Waals surface area contributed by atoms with Gasteiger partial charge in [-0.1, -0.05) is 52.4 Å². The molecule has 0 aliphatic rings. The predicted molar refractivity (Wildman–Crippen MR) is 92.9 cm³/mol. The topological polar surface area (TPSA) is 80.9 Å². The van der Waals surface area contributed by atoms with E-state index in [1.165, 1.54) is 0 Å². The third-order valence-electron chi connectivity index (χ3n) is 3.83. The fraction of sp³-hybridized carbons (Fsp3) is 1.00. The minimum absolute atomic E-state index is 0.107. The van der Waals surface area contributed by atoms with Gasteiger partial charge in [0.1, 0.15) is 0 Å². The zero-order valence-corrected chi connectivity index (χ0v) is 14.8. The highest BCUT2D eigenvalue weighted by atomic mass is 16.3. The van der Waals surface area contributed by atoms with Crippen LogP contribution in [0.1, 0.15) is 90.9 Å². The SMILES string of the molecule is CCC(O)CCCCCCO.CCC(O)CCCCCCO. The molecule has 0 aromatic carbocycles. The third kappa shape index (κ3) is 22.1. The molecule has 0 rings (SSSR count). The number of aliphatic hydroxyl groups excluding tert-OH is 4. The molecule has 0 aliphatic carbocycles. The van der Waals surface area contributed by atoms with E-state index in [-0.39, 0.29) is 12.2 Å². The van der Waals surface area contributed by atoms with E-state index >= 15 is 0 Å². The summed E-state index contributed by atoms with van der Waals surface area (Å²) in [5, 5.41) is 35.3. The molecule has 4 N–H and O–H groups in total. The van der Waals surface area contributed by atoms with Crippen LogP contribution in [0.3, 0.4) is 0 Å². The van der Waals surface area contributed by atoms with E-state index in [0.717, 1.165) is 77.0 Å². The van der Waals surface area contributed by atoms with E-state index in [0.29, 0.717) is 13.2 Å². The van der Waals surface area contributed by atoms with Gasteiger partial charge in [-0.2, -0.15) is 0 Å². The number of rotatable bonds is 14. The zero-order chi connectivity index (χ0) is 17.1. The molecular weight excluding hydrogens is 280 g/mol. The number of hydrogen-bond donors (Lipinski definition) is 4. The highest BCUT2D eigenvalue weighted by Crippen LogP contribution is 2.07. The fourth-order valence-electron chi connectivity index (χ4n) is 2.10. The molecule has 0 spiro atoms. The highest BCUT2D eigenvalue weighted by molar-refractivity contribution is 4.53. The van der Waals surface area contributed by atoms with Gasteiger partial charge in [0.05, 0.1) is 12.2 Å². The van der Waals surface area contributed by atoms with Crippen LogP contribution >= 0.6 is 0 Å². The van der Waals surface area contributed by atoms with Crippen LogP contribution in [0.5, 0.6) is 0 Å². The molecule has 4 heteroatoms. The summed E-state index contributed by atoms with van der Waals surface area (Å²) in [7, 11) is 0. The standard InChI is InChI=1S/2C9H20O2/c2*1-2-9(11)7-5-3-4-6-8-10/h2*9-11H,2-8H2,1H3. The van der Waals surface area contributed by atoms with Crippen molar-refractivity contribution in [2.24, 2.45) is 0 Å². The lowest BCUT2D eigenvalue weighted by Crippen LogP contribution is -2.03. The molecular formula is C18H40O4. The van der Waals surface area contributed by atoms with Gasteiger partial charge in [0.2, 0.25) is 0 Å². The fourth-order valence-corrected chi connectivity index (χ4v) is 2.10. The van der Waals surface area contributed by atoms with E-state index in [4.69, 9.17) is 20.4 Å². The summed E-state index contributed by atoms with van der Waals surface area (Å²) in [6, 6.07) is 0. The zero-order valence-electron chi connectivity index (χ0n) is 14.8. The Balaban J connectivity index is 0. The molecule has 2 atom stereocenters. The van der Waals surface area contributed by atoms with Crippen LogP contribution in [0.4, 0.5) is 0 Å². The maximum absolute atomic E-state index is 9.17. The largest absolute Gasteiger partial charge is 0.396 e. The molecule has 0 fully saturated rings. The van der Waals surface area contributed by atoms with Crippen molar-refractivity contribution in [2.45, 2.75) is 103 Å². The Kier molecular flexibility index (Phi) is 22.8. The van der Waals surface area contributed by atoms with Crippen LogP contribution in [0.25, 0.3) is 0 Å². The second-order valence-corrected chi connectivity index (χ2v) is 5.98. The van der Waals surface area contributed by atoms with Gasteiger partial charge in [0.15, 0.2) is 0 Å². The third-order valence-corrected chi connectivity index (χ3v) is 3.83. The molecule has 4 nitrogen and oxygen atoms in total. The Hall–Kier alpha value is -0.160. The molecule has 0 amide bonds. The molecule has 0 radical (unpaired) electrons. The summed E-state index contributed by atoms with van der Waals surface area (Å²) in [5.41, 5.74) is 0. The molecule has 0 saturated heterocycles. The van der Waals surface area contributed by atoms with Crippen LogP contribution in [-0.2, 0) is 0 Å². The van der Waals surface area contributed by atoms with Gasteiger partial charge < -0.3 is 20.4 Å². The Morgan fingerprint density at radius 1 is 0.545 bits per heavy atom. The molecule has 0 heterocycles.